The van der Waals surface area contributed by atoms with Crippen LogP contribution in [0.4, 0.5) is 0 Å². The van der Waals surface area contributed by atoms with Crippen molar-refractivity contribution in [1.82, 2.24) is 0 Å². The van der Waals surface area contributed by atoms with Gasteiger partial charge >= 0.3 is 0 Å². The topological polar surface area (TPSA) is 9.23 Å². The van der Waals surface area contributed by atoms with Crippen molar-refractivity contribution >= 4 is 0 Å². The van der Waals surface area contributed by atoms with Crippen molar-refractivity contribution in [1.29, 1.82) is 0 Å². The van der Waals surface area contributed by atoms with Crippen molar-refractivity contribution in [3.8, 4) is 0 Å². The van der Waals surface area contributed by atoms with E-state index in [0.29, 0.717) is 10.8 Å². The van der Waals surface area contributed by atoms with Crippen molar-refractivity contribution in [2.75, 3.05) is 13.2 Å². The lowest BCUT2D eigenvalue weighted by atomic mass is 9.44. The summed E-state index contributed by atoms with van der Waals surface area (Å²) in [6.45, 7) is 11.5. The summed E-state index contributed by atoms with van der Waals surface area (Å²) in [5.74, 6) is 4.75. The first-order valence-corrected chi connectivity index (χ1v) is 11.3. The maximum absolute atomic E-state index is 6.18. The Morgan fingerprint density at radius 1 is 1.08 bits per heavy atom. The molecule has 1 nitrogen and oxygen atoms in total. The van der Waals surface area contributed by atoms with Gasteiger partial charge in [0.2, 0.25) is 0 Å². The Morgan fingerprint density at radius 3 is 2.68 bits per heavy atom. The van der Waals surface area contributed by atoms with Gasteiger partial charge in [0, 0.05) is 6.61 Å². The van der Waals surface area contributed by atoms with Crippen LogP contribution in [0.2, 0.25) is 0 Å². The van der Waals surface area contributed by atoms with E-state index in [4.69, 9.17) is 4.74 Å². The van der Waals surface area contributed by atoms with Gasteiger partial charge in [0.05, 0.1) is 6.61 Å². The molecule has 0 spiro atoms. The number of allylic oxidation sites excluding steroid dienone is 2. The van der Waals surface area contributed by atoms with Gasteiger partial charge < -0.3 is 4.74 Å². The van der Waals surface area contributed by atoms with Crippen LogP contribution in [-0.2, 0) is 4.74 Å². The molecule has 4 aliphatic carbocycles. The molecule has 0 bridgehead atoms. The van der Waals surface area contributed by atoms with E-state index in [2.05, 4.69) is 33.8 Å². The number of hydrogen-bond donors (Lipinski definition) is 0. The molecule has 4 aliphatic rings. The minimum Gasteiger partial charge on any atom is -0.381 e. The van der Waals surface area contributed by atoms with Crippen LogP contribution < -0.4 is 0 Å². The first-order valence-electron chi connectivity index (χ1n) is 11.3. The van der Waals surface area contributed by atoms with E-state index in [1.807, 2.05) is 0 Å². The molecule has 142 valence electrons. The van der Waals surface area contributed by atoms with Crippen LogP contribution in [0.5, 0.6) is 0 Å². The molecule has 4 saturated carbocycles. The summed E-state index contributed by atoms with van der Waals surface area (Å²) < 4.78 is 6.18. The van der Waals surface area contributed by atoms with Gasteiger partial charge in [-0.15, -0.1) is 0 Å². The van der Waals surface area contributed by atoms with Crippen LogP contribution >= 0.6 is 0 Å². The van der Waals surface area contributed by atoms with Gasteiger partial charge in [-0.3, -0.25) is 0 Å². The van der Waals surface area contributed by atoms with Gasteiger partial charge in [0.1, 0.15) is 0 Å². The summed E-state index contributed by atoms with van der Waals surface area (Å²) in [4.78, 5) is 0. The van der Waals surface area contributed by atoms with Crippen LogP contribution in [0, 0.1) is 40.4 Å². The van der Waals surface area contributed by atoms with E-state index in [0.717, 1.165) is 42.8 Å². The van der Waals surface area contributed by atoms with Crippen molar-refractivity contribution in [2.24, 2.45) is 40.4 Å². The number of hydrogen-bond acceptors (Lipinski definition) is 1. The highest BCUT2D eigenvalue weighted by molar-refractivity contribution is 5.23. The van der Waals surface area contributed by atoms with Gasteiger partial charge in [-0.1, -0.05) is 31.9 Å². The number of fused-ring (bicyclic) bond motifs is 5. The highest BCUT2D eigenvalue weighted by Gasteiger charge is 2.60. The van der Waals surface area contributed by atoms with E-state index in [1.54, 1.807) is 5.57 Å². The molecular weight excluding hydrogens is 304 g/mol. The van der Waals surface area contributed by atoms with E-state index in [1.165, 1.54) is 57.8 Å². The second-order valence-electron chi connectivity index (χ2n) is 10.2. The third kappa shape index (κ3) is 2.67. The summed E-state index contributed by atoms with van der Waals surface area (Å²) in [7, 11) is 0. The molecule has 0 saturated heterocycles. The Labute approximate surface area is 156 Å². The van der Waals surface area contributed by atoms with Crippen LogP contribution in [0.25, 0.3) is 0 Å². The molecule has 0 aromatic rings. The van der Waals surface area contributed by atoms with E-state index in [9.17, 15) is 0 Å². The largest absolute Gasteiger partial charge is 0.381 e. The van der Waals surface area contributed by atoms with E-state index >= 15 is 0 Å². The monoisotopic (exact) mass is 344 g/mol. The number of rotatable bonds is 3. The molecule has 6 unspecified atom stereocenters. The molecule has 0 heterocycles. The van der Waals surface area contributed by atoms with E-state index in [-0.39, 0.29) is 0 Å². The molecule has 1 heteroatoms. The predicted octanol–water partition coefficient (Wildman–Crippen LogP) is 6.63. The Bertz CT molecular complexity index is 518. The Morgan fingerprint density at radius 2 is 1.92 bits per heavy atom. The zero-order valence-electron chi connectivity index (χ0n) is 17.2. The fourth-order valence-corrected chi connectivity index (χ4v) is 8.16. The first-order chi connectivity index (χ1) is 12.0. The zero-order valence-corrected chi connectivity index (χ0v) is 17.2. The summed E-state index contributed by atoms with van der Waals surface area (Å²) in [6, 6.07) is 0. The Balaban J connectivity index is 1.65. The summed E-state index contributed by atoms with van der Waals surface area (Å²) in [5.41, 5.74) is 2.83. The van der Waals surface area contributed by atoms with E-state index < -0.39 is 0 Å². The minimum absolute atomic E-state index is 0.519. The molecule has 0 aromatic carbocycles. The zero-order chi connectivity index (χ0) is 17.7. The molecule has 0 amide bonds. The molecule has 7 atom stereocenters. The molecular formula is C24H40O. The molecule has 0 aromatic heterocycles. The van der Waals surface area contributed by atoms with Gasteiger partial charge in [-0.2, -0.15) is 0 Å². The fourth-order valence-electron chi connectivity index (χ4n) is 8.16. The minimum atomic E-state index is 0.519. The van der Waals surface area contributed by atoms with Crippen LogP contribution in [-0.4, -0.2) is 13.2 Å². The highest BCUT2D eigenvalue weighted by atomic mass is 16.5. The lowest BCUT2D eigenvalue weighted by Crippen LogP contribution is -2.55. The van der Waals surface area contributed by atoms with Crippen LogP contribution in [0.15, 0.2) is 11.6 Å². The molecule has 0 aliphatic heterocycles. The Hall–Kier alpha value is -0.300. The third-order valence-electron chi connectivity index (χ3n) is 9.40. The van der Waals surface area contributed by atoms with Crippen molar-refractivity contribution in [3.05, 3.63) is 11.6 Å². The smallest absolute Gasteiger partial charge is 0.0527 e. The van der Waals surface area contributed by atoms with Crippen molar-refractivity contribution in [2.45, 2.75) is 85.5 Å². The van der Waals surface area contributed by atoms with Crippen molar-refractivity contribution < 1.29 is 4.74 Å². The summed E-state index contributed by atoms with van der Waals surface area (Å²) in [5, 5.41) is 0. The fraction of sp³-hybridized carbons (Fsp3) is 0.917. The van der Waals surface area contributed by atoms with Crippen LogP contribution in [0.3, 0.4) is 0 Å². The van der Waals surface area contributed by atoms with Gasteiger partial charge in [-0.25, -0.2) is 0 Å². The lowest BCUT2D eigenvalue weighted by Gasteiger charge is -2.61. The first kappa shape index (κ1) is 18.1. The second-order valence-corrected chi connectivity index (χ2v) is 10.2. The summed E-state index contributed by atoms with van der Waals surface area (Å²) >= 11 is 0. The molecule has 4 rings (SSSR count). The quantitative estimate of drug-likeness (QED) is 0.522. The molecule has 0 N–H and O–H groups in total. The van der Waals surface area contributed by atoms with Crippen molar-refractivity contribution in [3.63, 3.8) is 0 Å². The average Bonchev–Trinajstić information content (AvgIpc) is 2.96. The normalized spacial score (nSPS) is 51.0. The lowest BCUT2D eigenvalue weighted by molar-refractivity contribution is -0.147. The summed E-state index contributed by atoms with van der Waals surface area (Å²) in [6.07, 6.45) is 15.5. The maximum Gasteiger partial charge on any atom is 0.0527 e. The SMILES string of the molecule is C/C=C1/CCC2[C@@H]3CCC4CC(C)CCC4(COCC)C3CCC12C. The Kier molecular flexibility index (Phi) is 4.84. The maximum atomic E-state index is 6.18. The third-order valence-corrected chi connectivity index (χ3v) is 9.40. The van der Waals surface area contributed by atoms with Gasteiger partial charge in [-0.05, 0) is 106 Å². The van der Waals surface area contributed by atoms with Gasteiger partial charge in [0.15, 0.2) is 0 Å². The highest BCUT2D eigenvalue weighted by Crippen LogP contribution is 2.67. The predicted molar refractivity (Wildman–Crippen MR) is 105 cm³/mol. The molecule has 25 heavy (non-hydrogen) atoms. The number of ether oxygens (including phenoxy) is 1. The van der Waals surface area contributed by atoms with Crippen LogP contribution in [0.1, 0.15) is 85.5 Å². The average molecular weight is 345 g/mol. The standard InChI is InChI=1S/C24H40O/c1-5-18-8-10-21-20-9-7-19-15-17(3)11-14-24(19,16-25-6-2)22(20)12-13-23(18,21)4/h5,17,19-22H,6-16H2,1-4H3/b18-5-/t17?,19?,20-,21?,22?,23?,24?/m0/s1. The van der Waals surface area contributed by atoms with Gasteiger partial charge in [0.25, 0.3) is 0 Å². The molecule has 4 fully saturated rings. The molecule has 0 radical (unpaired) electrons. The second kappa shape index (κ2) is 6.70.